The van der Waals surface area contributed by atoms with Gasteiger partial charge in [0.2, 0.25) is 0 Å². The Morgan fingerprint density at radius 1 is 1.27 bits per heavy atom. The molecule has 0 spiro atoms. The molecule has 0 radical (unpaired) electrons. The molecule has 1 amide bonds. The van der Waals surface area contributed by atoms with Crippen molar-refractivity contribution < 1.29 is 19.0 Å². The highest BCUT2D eigenvalue weighted by Gasteiger charge is 2.09. The van der Waals surface area contributed by atoms with Gasteiger partial charge in [0.05, 0.1) is 20.3 Å². The second-order valence-corrected chi connectivity index (χ2v) is 5.72. The summed E-state index contributed by atoms with van der Waals surface area (Å²) in [5.74, 6) is 0.610. The van der Waals surface area contributed by atoms with Crippen LogP contribution in [0.25, 0.3) is 0 Å². The number of nitrogens with zero attached hydrogens (tertiary/aromatic N) is 1. The van der Waals surface area contributed by atoms with Crippen molar-refractivity contribution >= 4 is 30.7 Å². The zero-order chi connectivity index (χ0) is 17.2. The molecule has 150 valence electrons. The summed E-state index contributed by atoms with van der Waals surface area (Å²) in [4.78, 5) is 13.2. The molecule has 0 aliphatic carbocycles. The first-order chi connectivity index (χ1) is 11.7. The van der Waals surface area contributed by atoms with E-state index in [-0.39, 0.29) is 31.4 Å². The number of rotatable bonds is 10. The third-order valence-corrected chi connectivity index (χ3v) is 3.86. The zero-order valence-electron chi connectivity index (χ0n) is 15.1. The molecule has 1 aromatic carbocycles. The maximum Gasteiger partial charge on any atom is 0.255 e. The lowest BCUT2D eigenvalue weighted by Gasteiger charge is -2.26. The average molecular weight is 410 g/mol. The smallest absolute Gasteiger partial charge is 0.255 e. The van der Waals surface area contributed by atoms with Crippen LogP contribution in [0.1, 0.15) is 12.0 Å². The molecular formula is C17H29Cl2N3O4. The minimum absolute atomic E-state index is 0. The molecule has 1 aliphatic heterocycles. The fourth-order valence-electron chi connectivity index (χ4n) is 2.58. The summed E-state index contributed by atoms with van der Waals surface area (Å²) in [5, 5.41) is 3.43. The van der Waals surface area contributed by atoms with E-state index in [1.165, 1.54) is 0 Å². The number of methoxy groups -OCH3 is 1. The van der Waals surface area contributed by atoms with Crippen LogP contribution in [0.15, 0.2) is 18.2 Å². The van der Waals surface area contributed by atoms with E-state index in [9.17, 15) is 4.79 Å². The summed E-state index contributed by atoms with van der Waals surface area (Å²) in [6.07, 6.45) is 1.11. The van der Waals surface area contributed by atoms with E-state index in [0.29, 0.717) is 11.5 Å². The standard InChI is InChI=1S/C17H27N3O4.2ClH/c1-22-16-11-14(3-4-15(16)24-13-17(18)21)12-19-5-2-6-20-7-9-23-10-8-20;;/h3-4,11,19H,2,5-10,12-13H2,1H3,(H2,18,21);2*1H. The van der Waals surface area contributed by atoms with E-state index >= 15 is 0 Å². The Morgan fingerprint density at radius 2 is 2.00 bits per heavy atom. The number of hydrogen-bond acceptors (Lipinski definition) is 6. The van der Waals surface area contributed by atoms with Crippen LogP contribution < -0.4 is 20.5 Å². The number of ether oxygens (including phenoxy) is 3. The fraction of sp³-hybridized carbons (Fsp3) is 0.588. The number of amides is 1. The van der Waals surface area contributed by atoms with Gasteiger partial charge in [-0.3, -0.25) is 9.69 Å². The van der Waals surface area contributed by atoms with Crippen molar-refractivity contribution in [1.29, 1.82) is 0 Å². The van der Waals surface area contributed by atoms with Crippen molar-refractivity contribution in [1.82, 2.24) is 10.2 Å². The highest BCUT2D eigenvalue weighted by atomic mass is 35.5. The van der Waals surface area contributed by atoms with Gasteiger partial charge in [-0.2, -0.15) is 0 Å². The molecule has 26 heavy (non-hydrogen) atoms. The number of morpholine rings is 1. The molecule has 0 atom stereocenters. The van der Waals surface area contributed by atoms with Crippen LogP contribution >= 0.6 is 24.8 Å². The third kappa shape index (κ3) is 8.91. The first-order valence-electron chi connectivity index (χ1n) is 8.28. The van der Waals surface area contributed by atoms with Crippen LogP contribution in [0.4, 0.5) is 0 Å². The molecule has 0 saturated carbocycles. The van der Waals surface area contributed by atoms with Gasteiger partial charge in [-0.1, -0.05) is 6.07 Å². The zero-order valence-corrected chi connectivity index (χ0v) is 16.7. The molecule has 1 saturated heterocycles. The lowest BCUT2D eigenvalue weighted by atomic mass is 10.2. The Labute approximate surface area is 167 Å². The summed E-state index contributed by atoms with van der Waals surface area (Å²) >= 11 is 0. The first kappa shape index (κ1) is 24.8. The van der Waals surface area contributed by atoms with Gasteiger partial charge < -0.3 is 25.3 Å². The summed E-state index contributed by atoms with van der Waals surface area (Å²) in [5.41, 5.74) is 6.19. The Hall–Kier alpha value is -1.25. The molecule has 1 aromatic rings. The summed E-state index contributed by atoms with van der Waals surface area (Å²) in [7, 11) is 1.58. The number of nitrogens with two attached hydrogens (primary N) is 1. The van der Waals surface area contributed by atoms with Gasteiger partial charge in [0, 0.05) is 19.6 Å². The van der Waals surface area contributed by atoms with E-state index in [0.717, 1.165) is 57.9 Å². The average Bonchev–Trinajstić information content (AvgIpc) is 2.60. The number of carbonyl (C=O) groups is 1. The van der Waals surface area contributed by atoms with Gasteiger partial charge in [0.25, 0.3) is 5.91 Å². The summed E-state index contributed by atoms with van der Waals surface area (Å²) in [6.45, 7) is 6.41. The van der Waals surface area contributed by atoms with Crippen LogP contribution in [0.3, 0.4) is 0 Å². The van der Waals surface area contributed by atoms with Crippen molar-refractivity contribution in [2.45, 2.75) is 13.0 Å². The van der Waals surface area contributed by atoms with Crippen molar-refractivity contribution in [3.05, 3.63) is 23.8 Å². The molecule has 1 fully saturated rings. The molecule has 3 N–H and O–H groups in total. The normalized spacial score (nSPS) is 14.0. The molecule has 0 unspecified atom stereocenters. The number of nitrogens with one attached hydrogen (secondary N) is 1. The van der Waals surface area contributed by atoms with Gasteiger partial charge >= 0.3 is 0 Å². The molecule has 0 bridgehead atoms. The Bertz CT molecular complexity index is 529. The molecule has 7 nitrogen and oxygen atoms in total. The van der Waals surface area contributed by atoms with E-state index in [2.05, 4.69) is 10.2 Å². The SMILES string of the molecule is COc1cc(CNCCCN2CCOCC2)ccc1OCC(N)=O.Cl.Cl. The van der Waals surface area contributed by atoms with Crippen molar-refractivity contribution in [2.24, 2.45) is 5.73 Å². The van der Waals surface area contributed by atoms with Gasteiger partial charge in [-0.15, -0.1) is 24.8 Å². The van der Waals surface area contributed by atoms with Crippen molar-refractivity contribution in [2.75, 3.05) is 53.1 Å². The molecule has 1 heterocycles. The highest BCUT2D eigenvalue weighted by molar-refractivity contribution is 5.85. The topological polar surface area (TPSA) is 86.1 Å². The number of hydrogen-bond donors (Lipinski definition) is 2. The summed E-state index contributed by atoms with van der Waals surface area (Å²) < 4.78 is 16.0. The molecule has 9 heteroatoms. The second-order valence-electron chi connectivity index (χ2n) is 5.72. The molecule has 2 rings (SSSR count). The van der Waals surface area contributed by atoms with Crippen LogP contribution in [-0.4, -0.2) is 63.9 Å². The quantitative estimate of drug-likeness (QED) is 0.564. The predicted molar refractivity (Wildman–Crippen MR) is 106 cm³/mol. The highest BCUT2D eigenvalue weighted by Crippen LogP contribution is 2.27. The Morgan fingerprint density at radius 3 is 2.65 bits per heavy atom. The Kier molecular flexibility index (Phi) is 13.2. The van der Waals surface area contributed by atoms with Crippen LogP contribution in [0, 0.1) is 0 Å². The van der Waals surface area contributed by atoms with Gasteiger partial charge in [0.15, 0.2) is 18.1 Å². The van der Waals surface area contributed by atoms with Crippen molar-refractivity contribution in [3.63, 3.8) is 0 Å². The minimum atomic E-state index is -0.511. The van der Waals surface area contributed by atoms with Gasteiger partial charge in [-0.05, 0) is 37.2 Å². The second kappa shape index (κ2) is 13.9. The maximum atomic E-state index is 10.8. The Balaban J connectivity index is 0.00000312. The fourth-order valence-corrected chi connectivity index (χ4v) is 2.58. The largest absolute Gasteiger partial charge is 0.493 e. The lowest BCUT2D eigenvalue weighted by Crippen LogP contribution is -2.37. The van der Waals surface area contributed by atoms with Crippen LogP contribution in [0.5, 0.6) is 11.5 Å². The maximum absolute atomic E-state index is 10.8. The number of halogens is 2. The lowest BCUT2D eigenvalue weighted by molar-refractivity contribution is -0.119. The minimum Gasteiger partial charge on any atom is -0.493 e. The van der Waals surface area contributed by atoms with E-state index in [1.54, 1.807) is 13.2 Å². The van der Waals surface area contributed by atoms with Crippen molar-refractivity contribution in [3.8, 4) is 11.5 Å². The monoisotopic (exact) mass is 409 g/mol. The summed E-state index contributed by atoms with van der Waals surface area (Å²) in [6, 6.07) is 5.66. The molecular weight excluding hydrogens is 381 g/mol. The number of benzene rings is 1. The van der Waals surface area contributed by atoms with Crippen LogP contribution in [-0.2, 0) is 16.1 Å². The molecule has 1 aliphatic rings. The van der Waals surface area contributed by atoms with Crippen LogP contribution in [0.2, 0.25) is 0 Å². The molecule has 0 aromatic heterocycles. The third-order valence-electron chi connectivity index (χ3n) is 3.86. The number of carbonyl (C=O) groups excluding carboxylic acids is 1. The first-order valence-corrected chi connectivity index (χ1v) is 8.28. The van der Waals surface area contributed by atoms with Gasteiger partial charge in [-0.25, -0.2) is 0 Å². The van der Waals surface area contributed by atoms with E-state index in [1.807, 2.05) is 12.1 Å². The van der Waals surface area contributed by atoms with E-state index < -0.39 is 5.91 Å². The number of primary amides is 1. The van der Waals surface area contributed by atoms with E-state index in [4.69, 9.17) is 19.9 Å². The predicted octanol–water partition coefficient (Wildman–Crippen LogP) is 1.21. The van der Waals surface area contributed by atoms with Gasteiger partial charge in [0.1, 0.15) is 0 Å².